The molecule has 0 atom stereocenters. The summed E-state index contributed by atoms with van der Waals surface area (Å²) in [6, 6.07) is 0.878. The molecule has 0 unspecified atom stereocenters. The number of carbonyl (C=O) groups is 1. The van der Waals surface area contributed by atoms with Gasteiger partial charge in [0, 0.05) is 9.77 Å². The Hall–Kier alpha value is -0.860. The molecule has 0 aliphatic rings. The van der Waals surface area contributed by atoms with Gasteiger partial charge in [-0.05, 0) is 28.7 Å². The van der Waals surface area contributed by atoms with Crippen molar-refractivity contribution in [3.63, 3.8) is 0 Å². The summed E-state index contributed by atoms with van der Waals surface area (Å²) >= 11 is 1.53. The quantitative estimate of drug-likeness (QED) is 0.611. The zero-order valence-corrected chi connectivity index (χ0v) is 10.3. The Morgan fingerprint density at radius 3 is 2.69 bits per heavy atom. The zero-order chi connectivity index (χ0) is 12.3. The minimum atomic E-state index is -4.44. The van der Waals surface area contributed by atoms with E-state index in [0.29, 0.717) is 0 Å². The van der Waals surface area contributed by atoms with E-state index < -0.39 is 17.7 Å². The van der Waals surface area contributed by atoms with Crippen LogP contribution in [0.15, 0.2) is 12.3 Å². The van der Waals surface area contributed by atoms with E-state index >= 15 is 0 Å². The molecule has 0 spiro atoms. The molecular weight excluding hydrogens is 338 g/mol. The SMILES string of the molecule is COC(=O)Cc1nccc(C(F)(F)F)c1I. The Kier molecular flexibility index (Phi) is 4.11. The summed E-state index contributed by atoms with van der Waals surface area (Å²) in [6.07, 6.45) is -3.67. The molecule has 7 heteroatoms. The second kappa shape index (κ2) is 4.98. The molecule has 1 aromatic rings. The Morgan fingerprint density at radius 2 is 2.19 bits per heavy atom. The molecule has 0 fully saturated rings. The third kappa shape index (κ3) is 3.06. The van der Waals surface area contributed by atoms with Gasteiger partial charge < -0.3 is 4.74 Å². The van der Waals surface area contributed by atoms with Gasteiger partial charge in [-0.2, -0.15) is 13.2 Å². The maximum Gasteiger partial charge on any atom is 0.417 e. The molecule has 1 aromatic heterocycles. The lowest BCUT2D eigenvalue weighted by Crippen LogP contribution is -2.13. The van der Waals surface area contributed by atoms with Crippen molar-refractivity contribution < 1.29 is 22.7 Å². The van der Waals surface area contributed by atoms with Crippen LogP contribution in [0.5, 0.6) is 0 Å². The van der Waals surface area contributed by atoms with E-state index in [2.05, 4.69) is 9.72 Å². The first-order valence-corrected chi connectivity index (χ1v) is 5.21. The molecule has 0 radical (unpaired) electrons. The van der Waals surface area contributed by atoms with Gasteiger partial charge in [0.1, 0.15) is 0 Å². The van der Waals surface area contributed by atoms with Gasteiger partial charge in [-0.25, -0.2) is 0 Å². The minimum Gasteiger partial charge on any atom is -0.469 e. The molecule has 16 heavy (non-hydrogen) atoms. The fourth-order valence-electron chi connectivity index (χ4n) is 1.04. The van der Waals surface area contributed by atoms with Crippen LogP contribution in [0.1, 0.15) is 11.3 Å². The predicted octanol–water partition coefficient (Wildman–Crippen LogP) is 2.42. The van der Waals surface area contributed by atoms with Crippen LogP contribution in [-0.2, 0) is 22.1 Å². The number of nitrogens with zero attached hydrogens (tertiary/aromatic N) is 1. The molecule has 1 rings (SSSR count). The molecule has 0 amide bonds. The maximum absolute atomic E-state index is 12.5. The molecule has 0 aliphatic carbocycles. The van der Waals surface area contributed by atoms with Crippen LogP contribution < -0.4 is 0 Å². The van der Waals surface area contributed by atoms with Gasteiger partial charge in [0.15, 0.2) is 0 Å². The molecule has 3 nitrogen and oxygen atoms in total. The third-order valence-electron chi connectivity index (χ3n) is 1.81. The van der Waals surface area contributed by atoms with Crippen LogP contribution in [0.2, 0.25) is 0 Å². The standard InChI is InChI=1S/C9H7F3INO2/c1-16-7(15)4-6-8(13)5(2-3-14-6)9(10,11)12/h2-3H,4H2,1H3. The molecule has 0 saturated heterocycles. The Balaban J connectivity index is 3.09. The number of pyridine rings is 1. The largest absolute Gasteiger partial charge is 0.469 e. The number of methoxy groups -OCH3 is 1. The van der Waals surface area contributed by atoms with Gasteiger partial charge in [-0.3, -0.25) is 9.78 Å². The Morgan fingerprint density at radius 1 is 1.56 bits per heavy atom. The minimum absolute atomic E-state index is 0.0713. The van der Waals surface area contributed by atoms with E-state index in [1.54, 1.807) is 0 Å². The molecule has 88 valence electrons. The van der Waals surface area contributed by atoms with E-state index in [1.165, 1.54) is 29.7 Å². The normalized spacial score (nSPS) is 11.3. The van der Waals surface area contributed by atoms with E-state index in [1.807, 2.05) is 0 Å². The lowest BCUT2D eigenvalue weighted by Gasteiger charge is -2.11. The highest BCUT2D eigenvalue weighted by Gasteiger charge is 2.34. The summed E-state index contributed by atoms with van der Waals surface area (Å²) in [5, 5.41) is 0. The van der Waals surface area contributed by atoms with Crippen molar-refractivity contribution in [1.29, 1.82) is 0 Å². The van der Waals surface area contributed by atoms with E-state index in [0.717, 1.165) is 12.3 Å². The van der Waals surface area contributed by atoms with Crippen molar-refractivity contribution in [1.82, 2.24) is 4.98 Å². The van der Waals surface area contributed by atoms with Crippen LogP contribution >= 0.6 is 22.6 Å². The first-order chi connectivity index (χ1) is 7.36. The summed E-state index contributed by atoms with van der Waals surface area (Å²) in [5.41, 5.74) is -0.718. The van der Waals surface area contributed by atoms with Crippen molar-refractivity contribution in [3.05, 3.63) is 27.1 Å². The Labute approximate surface area is 103 Å². The summed E-state index contributed by atoms with van der Waals surface area (Å²) in [7, 11) is 1.17. The number of hydrogen-bond donors (Lipinski definition) is 0. The van der Waals surface area contributed by atoms with Crippen molar-refractivity contribution in [3.8, 4) is 0 Å². The monoisotopic (exact) mass is 345 g/mol. The third-order valence-corrected chi connectivity index (χ3v) is 3.01. The van der Waals surface area contributed by atoms with Gasteiger partial charge in [-0.1, -0.05) is 0 Å². The number of halogens is 4. The highest BCUT2D eigenvalue weighted by Crippen LogP contribution is 2.33. The summed E-state index contributed by atoms with van der Waals surface area (Å²) in [6.45, 7) is 0. The molecule has 0 aliphatic heterocycles. The summed E-state index contributed by atoms with van der Waals surface area (Å²) < 4.78 is 41.8. The van der Waals surface area contributed by atoms with Crippen LogP contribution in [-0.4, -0.2) is 18.1 Å². The smallest absolute Gasteiger partial charge is 0.417 e. The molecule has 1 heterocycles. The van der Waals surface area contributed by atoms with Crippen molar-refractivity contribution >= 4 is 28.6 Å². The summed E-state index contributed by atoms with van der Waals surface area (Å²) in [5.74, 6) is -0.621. The molecular formula is C9H7F3INO2. The number of alkyl halides is 3. The molecule has 0 saturated carbocycles. The van der Waals surface area contributed by atoms with Gasteiger partial charge in [-0.15, -0.1) is 0 Å². The van der Waals surface area contributed by atoms with Crippen molar-refractivity contribution in [2.45, 2.75) is 12.6 Å². The molecule has 0 aromatic carbocycles. The molecule has 0 bridgehead atoms. The lowest BCUT2D eigenvalue weighted by atomic mass is 10.2. The van der Waals surface area contributed by atoms with Gasteiger partial charge in [0.2, 0.25) is 0 Å². The highest BCUT2D eigenvalue weighted by molar-refractivity contribution is 14.1. The van der Waals surface area contributed by atoms with Gasteiger partial charge >= 0.3 is 12.1 Å². The average Bonchev–Trinajstić information content (AvgIpc) is 2.19. The molecule has 0 N–H and O–H groups in total. The van der Waals surface area contributed by atoms with Crippen LogP contribution in [0, 0.1) is 3.57 Å². The number of carbonyl (C=O) groups excluding carboxylic acids is 1. The highest BCUT2D eigenvalue weighted by atomic mass is 127. The van der Waals surface area contributed by atoms with Gasteiger partial charge in [0.25, 0.3) is 0 Å². The number of ether oxygens (including phenoxy) is 1. The van der Waals surface area contributed by atoms with Crippen LogP contribution in [0.3, 0.4) is 0 Å². The van der Waals surface area contributed by atoms with Crippen LogP contribution in [0.25, 0.3) is 0 Å². The second-order valence-electron chi connectivity index (χ2n) is 2.87. The van der Waals surface area contributed by atoms with E-state index in [9.17, 15) is 18.0 Å². The van der Waals surface area contributed by atoms with Crippen molar-refractivity contribution in [2.24, 2.45) is 0 Å². The summed E-state index contributed by atoms with van der Waals surface area (Å²) in [4.78, 5) is 14.7. The number of aromatic nitrogens is 1. The van der Waals surface area contributed by atoms with E-state index in [4.69, 9.17) is 0 Å². The van der Waals surface area contributed by atoms with Crippen LogP contribution in [0.4, 0.5) is 13.2 Å². The fraction of sp³-hybridized carbons (Fsp3) is 0.333. The number of rotatable bonds is 2. The Bertz CT molecular complexity index is 406. The van der Waals surface area contributed by atoms with Gasteiger partial charge in [0.05, 0.1) is 24.8 Å². The zero-order valence-electron chi connectivity index (χ0n) is 8.14. The number of esters is 1. The van der Waals surface area contributed by atoms with Crippen molar-refractivity contribution in [2.75, 3.05) is 7.11 Å². The number of hydrogen-bond acceptors (Lipinski definition) is 3. The maximum atomic E-state index is 12.5. The first-order valence-electron chi connectivity index (χ1n) is 4.13. The average molecular weight is 345 g/mol. The topological polar surface area (TPSA) is 39.2 Å². The predicted molar refractivity (Wildman–Crippen MR) is 57.7 cm³/mol. The van der Waals surface area contributed by atoms with E-state index in [-0.39, 0.29) is 15.7 Å². The fourth-order valence-corrected chi connectivity index (χ4v) is 1.85. The first kappa shape index (κ1) is 13.2. The lowest BCUT2D eigenvalue weighted by molar-refractivity contribution is -0.141. The second-order valence-corrected chi connectivity index (χ2v) is 3.95.